The molecule has 16 heavy (non-hydrogen) atoms. The number of rotatable bonds is 1. The summed E-state index contributed by atoms with van der Waals surface area (Å²) < 4.78 is 2.02. The van der Waals surface area contributed by atoms with Crippen molar-refractivity contribution in [1.29, 1.82) is 0 Å². The highest BCUT2D eigenvalue weighted by molar-refractivity contribution is 5.72. The zero-order valence-corrected chi connectivity index (χ0v) is 10.7. The SMILES string of the molecule is Cc1nc2cc(CC(C)(C)C)cnc2n1C. The second kappa shape index (κ2) is 3.58. The van der Waals surface area contributed by atoms with Crippen LogP contribution >= 0.6 is 0 Å². The third-order valence-corrected chi connectivity index (χ3v) is 2.72. The molecule has 0 saturated heterocycles. The van der Waals surface area contributed by atoms with Gasteiger partial charge in [-0.3, -0.25) is 0 Å². The lowest BCUT2D eigenvalue weighted by molar-refractivity contribution is 0.411. The van der Waals surface area contributed by atoms with Crippen LogP contribution in [0.15, 0.2) is 12.3 Å². The molecular formula is C13H19N3. The third kappa shape index (κ3) is 2.08. The zero-order valence-electron chi connectivity index (χ0n) is 10.7. The van der Waals surface area contributed by atoms with Gasteiger partial charge in [0.15, 0.2) is 5.65 Å². The van der Waals surface area contributed by atoms with Gasteiger partial charge in [0.05, 0.1) is 0 Å². The molecule has 0 saturated carbocycles. The van der Waals surface area contributed by atoms with Crippen molar-refractivity contribution in [1.82, 2.24) is 14.5 Å². The first-order chi connectivity index (χ1) is 7.37. The van der Waals surface area contributed by atoms with Crippen molar-refractivity contribution in [3.63, 3.8) is 0 Å². The summed E-state index contributed by atoms with van der Waals surface area (Å²) in [5.41, 5.74) is 3.52. The Labute approximate surface area is 96.5 Å². The molecule has 0 unspecified atom stereocenters. The van der Waals surface area contributed by atoms with Gasteiger partial charge in [-0.1, -0.05) is 20.8 Å². The molecule has 0 bridgehead atoms. The van der Waals surface area contributed by atoms with Gasteiger partial charge in [-0.25, -0.2) is 9.97 Å². The molecule has 2 aromatic heterocycles. The van der Waals surface area contributed by atoms with Crippen molar-refractivity contribution in [2.45, 2.75) is 34.1 Å². The molecule has 2 heterocycles. The Hall–Kier alpha value is -1.38. The van der Waals surface area contributed by atoms with Crippen LogP contribution in [0.3, 0.4) is 0 Å². The van der Waals surface area contributed by atoms with Gasteiger partial charge in [0.25, 0.3) is 0 Å². The first-order valence-electron chi connectivity index (χ1n) is 5.65. The van der Waals surface area contributed by atoms with E-state index < -0.39 is 0 Å². The molecule has 0 aromatic carbocycles. The number of hydrogen-bond acceptors (Lipinski definition) is 2. The van der Waals surface area contributed by atoms with Crippen molar-refractivity contribution < 1.29 is 0 Å². The maximum Gasteiger partial charge on any atom is 0.159 e. The minimum atomic E-state index is 0.291. The normalized spacial score (nSPS) is 12.3. The lowest BCUT2D eigenvalue weighted by atomic mass is 9.89. The molecule has 0 aliphatic rings. The Morgan fingerprint density at radius 3 is 2.62 bits per heavy atom. The molecule has 2 aromatic rings. The van der Waals surface area contributed by atoms with Crippen LogP contribution in [-0.2, 0) is 13.5 Å². The summed E-state index contributed by atoms with van der Waals surface area (Å²) in [6, 6.07) is 2.15. The standard InChI is InChI=1S/C13H19N3/c1-9-15-11-6-10(7-13(2,3)4)8-14-12(11)16(9)5/h6,8H,7H2,1-5H3. The van der Waals surface area contributed by atoms with Crippen LogP contribution in [0.5, 0.6) is 0 Å². The Bertz CT molecular complexity index is 518. The van der Waals surface area contributed by atoms with Crippen LogP contribution in [0.2, 0.25) is 0 Å². The van der Waals surface area contributed by atoms with Crippen LogP contribution in [0.4, 0.5) is 0 Å². The van der Waals surface area contributed by atoms with E-state index in [1.165, 1.54) is 5.56 Å². The second-order valence-electron chi connectivity index (χ2n) is 5.64. The summed E-state index contributed by atoms with van der Waals surface area (Å²) >= 11 is 0. The topological polar surface area (TPSA) is 30.7 Å². The van der Waals surface area contributed by atoms with Crippen molar-refractivity contribution in [3.8, 4) is 0 Å². The molecule has 0 aliphatic heterocycles. The Balaban J connectivity index is 2.45. The molecule has 3 nitrogen and oxygen atoms in total. The van der Waals surface area contributed by atoms with Crippen LogP contribution in [-0.4, -0.2) is 14.5 Å². The van der Waals surface area contributed by atoms with E-state index in [1.807, 2.05) is 24.7 Å². The van der Waals surface area contributed by atoms with Crippen LogP contribution < -0.4 is 0 Å². The minimum absolute atomic E-state index is 0.291. The van der Waals surface area contributed by atoms with Gasteiger partial charge in [-0.15, -0.1) is 0 Å². The molecule has 0 amide bonds. The number of imidazole rings is 1. The number of aryl methyl sites for hydroxylation is 2. The summed E-state index contributed by atoms with van der Waals surface area (Å²) in [4.78, 5) is 8.99. The fraction of sp³-hybridized carbons (Fsp3) is 0.538. The van der Waals surface area contributed by atoms with E-state index in [4.69, 9.17) is 0 Å². The highest BCUT2D eigenvalue weighted by atomic mass is 15.1. The first-order valence-corrected chi connectivity index (χ1v) is 5.65. The van der Waals surface area contributed by atoms with Gasteiger partial charge in [0.2, 0.25) is 0 Å². The number of fused-ring (bicyclic) bond motifs is 1. The molecule has 3 heteroatoms. The average molecular weight is 217 g/mol. The lowest BCUT2D eigenvalue weighted by Gasteiger charge is -2.17. The van der Waals surface area contributed by atoms with Crippen LogP contribution in [0.25, 0.3) is 11.2 Å². The predicted octanol–water partition coefficient (Wildman–Crippen LogP) is 2.87. The van der Waals surface area contributed by atoms with E-state index in [-0.39, 0.29) is 0 Å². The highest BCUT2D eigenvalue weighted by Crippen LogP contribution is 2.22. The summed E-state index contributed by atoms with van der Waals surface area (Å²) in [7, 11) is 2.00. The number of hydrogen-bond donors (Lipinski definition) is 0. The second-order valence-corrected chi connectivity index (χ2v) is 5.64. The Kier molecular flexibility index (Phi) is 2.49. The van der Waals surface area contributed by atoms with E-state index in [0.29, 0.717) is 5.41 Å². The quantitative estimate of drug-likeness (QED) is 0.735. The van der Waals surface area contributed by atoms with E-state index in [1.54, 1.807) is 0 Å². The van der Waals surface area contributed by atoms with Crippen molar-refractivity contribution >= 4 is 11.2 Å². The van der Waals surface area contributed by atoms with Gasteiger partial charge in [-0.05, 0) is 30.4 Å². The van der Waals surface area contributed by atoms with Gasteiger partial charge >= 0.3 is 0 Å². The van der Waals surface area contributed by atoms with Crippen LogP contribution in [0.1, 0.15) is 32.2 Å². The van der Waals surface area contributed by atoms with Gasteiger partial charge in [0, 0.05) is 13.2 Å². The number of nitrogens with zero attached hydrogens (tertiary/aromatic N) is 3. The number of aromatic nitrogens is 3. The van der Waals surface area contributed by atoms with Crippen molar-refractivity contribution in [3.05, 3.63) is 23.7 Å². The summed E-state index contributed by atoms with van der Waals surface area (Å²) in [6.07, 6.45) is 3.00. The van der Waals surface area contributed by atoms with E-state index in [0.717, 1.165) is 23.4 Å². The maximum absolute atomic E-state index is 4.50. The summed E-state index contributed by atoms with van der Waals surface area (Å²) in [5.74, 6) is 1.01. The molecule has 0 aliphatic carbocycles. The van der Waals surface area contributed by atoms with E-state index >= 15 is 0 Å². The fourth-order valence-corrected chi connectivity index (χ4v) is 1.94. The third-order valence-electron chi connectivity index (χ3n) is 2.72. The summed E-state index contributed by atoms with van der Waals surface area (Å²) in [6.45, 7) is 8.72. The molecular weight excluding hydrogens is 198 g/mol. The molecule has 86 valence electrons. The van der Waals surface area contributed by atoms with Crippen molar-refractivity contribution in [2.24, 2.45) is 12.5 Å². The Morgan fingerprint density at radius 1 is 1.31 bits per heavy atom. The molecule has 0 atom stereocenters. The zero-order chi connectivity index (χ0) is 11.9. The largest absolute Gasteiger partial charge is 0.316 e. The fourth-order valence-electron chi connectivity index (χ4n) is 1.94. The molecule has 2 rings (SSSR count). The predicted molar refractivity (Wildman–Crippen MR) is 66.4 cm³/mol. The van der Waals surface area contributed by atoms with Crippen LogP contribution in [0, 0.1) is 12.3 Å². The number of pyridine rings is 1. The Morgan fingerprint density at radius 2 is 2.00 bits per heavy atom. The molecule has 0 radical (unpaired) electrons. The highest BCUT2D eigenvalue weighted by Gasteiger charge is 2.13. The molecule has 0 N–H and O–H groups in total. The first kappa shape index (κ1) is 11.1. The van der Waals surface area contributed by atoms with Gasteiger partial charge < -0.3 is 4.57 Å². The maximum atomic E-state index is 4.50. The van der Waals surface area contributed by atoms with E-state index in [9.17, 15) is 0 Å². The lowest BCUT2D eigenvalue weighted by Crippen LogP contribution is -2.09. The molecule has 0 fully saturated rings. The average Bonchev–Trinajstić information content (AvgIpc) is 2.40. The van der Waals surface area contributed by atoms with Gasteiger partial charge in [-0.2, -0.15) is 0 Å². The van der Waals surface area contributed by atoms with Gasteiger partial charge in [0.1, 0.15) is 11.3 Å². The van der Waals surface area contributed by atoms with Crippen molar-refractivity contribution in [2.75, 3.05) is 0 Å². The minimum Gasteiger partial charge on any atom is -0.316 e. The smallest absolute Gasteiger partial charge is 0.159 e. The van der Waals surface area contributed by atoms with E-state index in [2.05, 4.69) is 36.8 Å². The summed E-state index contributed by atoms with van der Waals surface area (Å²) in [5, 5.41) is 0. The monoisotopic (exact) mass is 217 g/mol. The molecule has 0 spiro atoms.